The highest BCUT2D eigenvalue weighted by molar-refractivity contribution is 4.80. The van der Waals surface area contributed by atoms with Crippen molar-refractivity contribution in [3.8, 4) is 0 Å². The maximum atomic E-state index is 9.68. The molecule has 0 radical (unpaired) electrons. The van der Waals surface area contributed by atoms with E-state index in [1.807, 2.05) is 26.8 Å². The molecule has 0 aliphatic carbocycles. The van der Waals surface area contributed by atoms with Gasteiger partial charge in [-0.2, -0.15) is 0 Å². The highest BCUT2D eigenvalue weighted by atomic mass is 16.3. The highest BCUT2D eigenvalue weighted by Gasteiger charge is 2.22. The van der Waals surface area contributed by atoms with Crippen molar-refractivity contribution in [2.24, 2.45) is 5.92 Å². The van der Waals surface area contributed by atoms with Crippen molar-refractivity contribution in [3.05, 3.63) is 12.7 Å². The van der Waals surface area contributed by atoms with E-state index in [0.29, 0.717) is 5.92 Å². The van der Waals surface area contributed by atoms with Gasteiger partial charge in [-0.1, -0.05) is 19.9 Å². The molecule has 0 fully saturated rings. The summed E-state index contributed by atoms with van der Waals surface area (Å²) in [6.45, 7) is 9.55. The molecule has 0 bridgehead atoms. The first-order chi connectivity index (χ1) is 4.50. The van der Waals surface area contributed by atoms with Crippen LogP contribution in [-0.2, 0) is 0 Å². The summed E-state index contributed by atoms with van der Waals surface area (Å²) in [4.78, 5) is 0. The second-order valence-corrected chi connectivity index (χ2v) is 3.34. The minimum absolute atomic E-state index is 0.326. The van der Waals surface area contributed by atoms with Gasteiger partial charge in [0, 0.05) is 0 Å². The van der Waals surface area contributed by atoms with Gasteiger partial charge in [0.25, 0.3) is 0 Å². The Morgan fingerprint density at radius 2 is 2.10 bits per heavy atom. The molecule has 0 spiro atoms. The molecule has 60 valence electrons. The molecule has 0 aliphatic heterocycles. The third-order valence-corrected chi connectivity index (χ3v) is 2.10. The van der Waals surface area contributed by atoms with Gasteiger partial charge >= 0.3 is 0 Å². The van der Waals surface area contributed by atoms with Gasteiger partial charge in [-0.15, -0.1) is 6.58 Å². The second kappa shape index (κ2) is 3.77. The Morgan fingerprint density at radius 1 is 1.60 bits per heavy atom. The van der Waals surface area contributed by atoms with E-state index in [4.69, 9.17) is 0 Å². The largest absolute Gasteiger partial charge is 0.390 e. The van der Waals surface area contributed by atoms with Crippen LogP contribution in [0.1, 0.15) is 33.6 Å². The molecule has 0 rings (SSSR count). The van der Waals surface area contributed by atoms with Crippen LogP contribution < -0.4 is 0 Å². The third kappa shape index (κ3) is 3.02. The first-order valence-corrected chi connectivity index (χ1v) is 3.84. The summed E-state index contributed by atoms with van der Waals surface area (Å²) in [6, 6.07) is 0. The Hall–Kier alpha value is -0.300. The molecular formula is C9H18O. The SMILES string of the molecule is C=CCCC(C)(O)C(C)C. The van der Waals surface area contributed by atoms with Gasteiger partial charge in [0.1, 0.15) is 0 Å². The summed E-state index contributed by atoms with van der Waals surface area (Å²) in [5.74, 6) is 0.326. The molecule has 0 aromatic carbocycles. The van der Waals surface area contributed by atoms with Gasteiger partial charge in [0.15, 0.2) is 0 Å². The predicted octanol–water partition coefficient (Wildman–Crippen LogP) is 2.36. The molecule has 0 saturated carbocycles. The summed E-state index contributed by atoms with van der Waals surface area (Å²) < 4.78 is 0. The van der Waals surface area contributed by atoms with Crippen molar-refractivity contribution in [1.29, 1.82) is 0 Å². The third-order valence-electron chi connectivity index (χ3n) is 2.10. The first kappa shape index (κ1) is 9.70. The Kier molecular flexibility index (Phi) is 3.66. The van der Waals surface area contributed by atoms with E-state index in [0.717, 1.165) is 12.8 Å². The zero-order valence-corrected chi connectivity index (χ0v) is 7.22. The van der Waals surface area contributed by atoms with Crippen LogP contribution in [0.2, 0.25) is 0 Å². The molecule has 0 heterocycles. The van der Waals surface area contributed by atoms with Crippen LogP contribution in [0.4, 0.5) is 0 Å². The van der Waals surface area contributed by atoms with Crippen LogP contribution in [0, 0.1) is 5.92 Å². The molecule has 1 N–H and O–H groups in total. The van der Waals surface area contributed by atoms with Crippen LogP contribution in [0.3, 0.4) is 0 Å². The Labute approximate surface area is 63.8 Å². The lowest BCUT2D eigenvalue weighted by molar-refractivity contribution is 0.00632. The Balaban J connectivity index is 3.74. The smallest absolute Gasteiger partial charge is 0.0645 e. The van der Waals surface area contributed by atoms with Crippen LogP contribution >= 0.6 is 0 Å². The molecule has 0 saturated heterocycles. The minimum Gasteiger partial charge on any atom is -0.390 e. The van der Waals surface area contributed by atoms with E-state index in [9.17, 15) is 5.11 Å². The Bertz CT molecular complexity index is 103. The van der Waals surface area contributed by atoms with Gasteiger partial charge in [-0.25, -0.2) is 0 Å². The highest BCUT2D eigenvalue weighted by Crippen LogP contribution is 2.21. The molecule has 1 unspecified atom stereocenters. The van der Waals surface area contributed by atoms with E-state index in [1.54, 1.807) is 0 Å². The van der Waals surface area contributed by atoms with Crippen molar-refractivity contribution in [2.75, 3.05) is 0 Å². The standard InChI is InChI=1S/C9H18O/c1-5-6-7-9(4,10)8(2)3/h5,8,10H,1,6-7H2,2-4H3. The summed E-state index contributed by atoms with van der Waals surface area (Å²) in [6.07, 6.45) is 3.55. The van der Waals surface area contributed by atoms with Gasteiger partial charge in [-0.05, 0) is 25.7 Å². The molecule has 10 heavy (non-hydrogen) atoms. The molecule has 0 aliphatic rings. The topological polar surface area (TPSA) is 20.2 Å². The lowest BCUT2D eigenvalue weighted by atomic mass is 9.88. The zero-order chi connectivity index (χ0) is 8.20. The fourth-order valence-electron chi connectivity index (χ4n) is 0.683. The van der Waals surface area contributed by atoms with Crippen molar-refractivity contribution < 1.29 is 5.11 Å². The Morgan fingerprint density at radius 3 is 2.40 bits per heavy atom. The van der Waals surface area contributed by atoms with Gasteiger partial charge in [-0.3, -0.25) is 0 Å². The van der Waals surface area contributed by atoms with Crippen molar-refractivity contribution in [3.63, 3.8) is 0 Å². The molecule has 1 heteroatoms. The number of allylic oxidation sites excluding steroid dienone is 1. The van der Waals surface area contributed by atoms with Crippen molar-refractivity contribution in [2.45, 2.75) is 39.2 Å². The molecule has 1 nitrogen and oxygen atoms in total. The van der Waals surface area contributed by atoms with Crippen molar-refractivity contribution in [1.82, 2.24) is 0 Å². The number of rotatable bonds is 4. The van der Waals surface area contributed by atoms with E-state index in [2.05, 4.69) is 6.58 Å². The maximum absolute atomic E-state index is 9.68. The molecule has 0 aromatic heterocycles. The van der Waals surface area contributed by atoms with Crippen LogP contribution in [-0.4, -0.2) is 10.7 Å². The van der Waals surface area contributed by atoms with E-state index < -0.39 is 5.60 Å². The van der Waals surface area contributed by atoms with Crippen LogP contribution in [0.5, 0.6) is 0 Å². The molecule has 0 amide bonds. The normalized spacial score (nSPS) is 16.9. The fourth-order valence-corrected chi connectivity index (χ4v) is 0.683. The average molecular weight is 142 g/mol. The van der Waals surface area contributed by atoms with Gasteiger partial charge in [0.05, 0.1) is 5.60 Å². The van der Waals surface area contributed by atoms with E-state index in [1.165, 1.54) is 0 Å². The van der Waals surface area contributed by atoms with Crippen LogP contribution in [0.25, 0.3) is 0 Å². The molecular weight excluding hydrogens is 124 g/mol. The average Bonchev–Trinajstić information content (AvgIpc) is 1.84. The molecule has 1 atom stereocenters. The lowest BCUT2D eigenvalue weighted by Gasteiger charge is -2.26. The number of aliphatic hydroxyl groups is 1. The number of hydrogen-bond acceptors (Lipinski definition) is 1. The lowest BCUT2D eigenvalue weighted by Crippen LogP contribution is -2.30. The monoisotopic (exact) mass is 142 g/mol. The predicted molar refractivity (Wildman–Crippen MR) is 44.9 cm³/mol. The summed E-state index contributed by atoms with van der Waals surface area (Å²) in [5.41, 5.74) is -0.520. The summed E-state index contributed by atoms with van der Waals surface area (Å²) in [7, 11) is 0. The molecule has 0 aromatic rings. The number of hydrogen-bond donors (Lipinski definition) is 1. The van der Waals surface area contributed by atoms with E-state index in [-0.39, 0.29) is 0 Å². The van der Waals surface area contributed by atoms with E-state index >= 15 is 0 Å². The van der Waals surface area contributed by atoms with Crippen molar-refractivity contribution >= 4 is 0 Å². The van der Waals surface area contributed by atoms with Gasteiger partial charge in [0.2, 0.25) is 0 Å². The van der Waals surface area contributed by atoms with Crippen LogP contribution in [0.15, 0.2) is 12.7 Å². The summed E-state index contributed by atoms with van der Waals surface area (Å²) >= 11 is 0. The summed E-state index contributed by atoms with van der Waals surface area (Å²) in [5, 5.41) is 9.68. The maximum Gasteiger partial charge on any atom is 0.0645 e. The van der Waals surface area contributed by atoms with Gasteiger partial charge < -0.3 is 5.11 Å². The quantitative estimate of drug-likeness (QED) is 0.597. The fraction of sp³-hybridized carbons (Fsp3) is 0.778. The second-order valence-electron chi connectivity index (χ2n) is 3.34. The minimum atomic E-state index is -0.520. The zero-order valence-electron chi connectivity index (χ0n) is 7.22. The first-order valence-electron chi connectivity index (χ1n) is 3.84.